The molecule has 1 rings (SSSR count). The molecule has 0 radical (unpaired) electrons. The standard InChI is InChI=1S/C14H20N2O4/c1-14(2,3)20-13(18)16-11(12(17)19-4)9-5-7-10(15)8-6-9/h5-8,11H,15H2,1-4H3,(H,16,18). The molecule has 0 bridgehead atoms. The molecule has 0 aliphatic rings. The number of alkyl carbamates (subject to hydrolysis) is 1. The Hall–Kier alpha value is -2.24. The van der Waals surface area contributed by atoms with E-state index in [0.717, 1.165) is 0 Å². The number of amides is 1. The molecule has 3 N–H and O–H groups in total. The zero-order valence-corrected chi connectivity index (χ0v) is 12.1. The summed E-state index contributed by atoms with van der Waals surface area (Å²) in [4.78, 5) is 23.5. The molecule has 0 heterocycles. The second-order valence-electron chi connectivity index (χ2n) is 5.27. The van der Waals surface area contributed by atoms with E-state index in [4.69, 9.17) is 10.5 Å². The predicted octanol–water partition coefficient (Wildman–Crippen LogP) is 2.01. The maximum atomic E-state index is 11.8. The minimum absolute atomic E-state index is 0.564. The smallest absolute Gasteiger partial charge is 0.408 e. The van der Waals surface area contributed by atoms with E-state index < -0.39 is 23.7 Å². The summed E-state index contributed by atoms with van der Waals surface area (Å²) >= 11 is 0. The fourth-order valence-corrected chi connectivity index (χ4v) is 1.51. The van der Waals surface area contributed by atoms with Crippen molar-refractivity contribution in [3.05, 3.63) is 29.8 Å². The van der Waals surface area contributed by atoms with E-state index in [9.17, 15) is 9.59 Å². The molecule has 1 amide bonds. The van der Waals surface area contributed by atoms with Gasteiger partial charge in [0.05, 0.1) is 7.11 Å². The Balaban J connectivity index is 2.88. The Morgan fingerprint density at radius 1 is 1.20 bits per heavy atom. The summed E-state index contributed by atoms with van der Waals surface area (Å²) in [6, 6.07) is 5.64. The third-order valence-corrected chi connectivity index (χ3v) is 2.37. The van der Waals surface area contributed by atoms with E-state index in [1.807, 2.05) is 0 Å². The van der Waals surface area contributed by atoms with Crippen LogP contribution < -0.4 is 11.1 Å². The van der Waals surface area contributed by atoms with Crippen LogP contribution >= 0.6 is 0 Å². The largest absolute Gasteiger partial charge is 0.467 e. The van der Waals surface area contributed by atoms with Gasteiger partial charge in [-0.25, -0.2) is 9.59 Å². The number of carbonyl (C=O) groups is 2. The average molecular weight is 280 g/mol. The van der Waals surface area contributed by atoms with Crippen LogP contribution in [0.15, 0.2) is 24.3 Å². The molecule has 0 saturated heterocycles. The summed E-state index contributed by atoms with van der Waals surface area (Å²) < 4.78 is 9.81. The highest BCUT2D eigenvalue weighted by Gasteiger charge is 2.26. The number of nitrogens with two attached hydrogens (primary N) is 1. The van der Waals surface area contributed by atoms with Crippen molar-refractivity contribution in [3.8, 4) is 0 Å². The van der Waals surface area contributed by atoms with Crippen LogP contribution in [0.3, 0.4) is 0 Å². The highest BCUT2D eigenvalue weighted by atomic mass is 16.6. The summed E-state index contributed by atoms with van der Waals surface area (Å²) in [6.07, 6.45) is -0.690. The molecule has 0 aliphatic carbocycles. The van der Waals surface area contributed by atoms with E-state index in [0.29, 0.717) is 11.3 Å². The van der Waals surface area contributed by atoms with Crippen LogP contribution in [0.2, 0.25) is 0 Å². The zero-order valence-electron chi connectivity index (χ0n) is 12.1. The Kier molecular flexibility index (Phi) is 4.96. The van der Waals surface area contributed by atoms with Crippen LogP contribution in [0.25, 0.3) is 0 Å². The molecule has 0 aliphatic heterocycles. The molecule has 110 valence electrons. The lowest BCUT2D eigenvalue weighted by Gasteiger charge is -2.22. The minimum atomic E-state index is -0.935. The first-order valence-corrected chi connectivity index (χ1v) is 6.15. The van der Waals surface area contributed by atoms with Crippen molar-refractivity contribution in [1.29, 1.82) is 0 Å². The number of methoxy groups -OCH3 is 1. The van der Waals surface area contributed by atoms with Gasteiger partial charge in [0.2, 0.25) is 0 Å². The van der Waals surface area contributed by atoms with Gasteiger partial charge in [0.1, 0.15) is 5.60 Å². The van der Waals surface area contributed by atoms with Crippen LogP contribution in [0.1, 0.15) is 32.4 Å². The van der Waals surface area contributed by atoms with Gasteiger partial charge >= 0.3 is 12.1 Å². The van der Waals surface area contributed by atoms with E-state index in [1.54, 1.807) is 45.0 Å². The third-order valence-electron chi connectivity index (χ3n) is 2.37. The minimum Gasteiger partial charge on any atom is -0.467 e. The van der Waals surface area contributed by atoms with Gasteiger partial charge in [-0.1, -0.05) is 12.1 Å². The van der Waals surface area contributed by atoms with Crippen molar-refractivity contribution in [2.24, 2.45) is 0 Å². The number of nitrogen functional groups attached to an aromatic ring is 1. The molecule has 0 aromatic heterocycles. The van der Waals surface area contributed by atoms with Crippen LogP contribution in [0.4, 0.5) is 10.5 Å². The Morgan fingerprint density at radius 3 is 2.20 bits per heavy atom. The molecule has 6 nitrogen and oxygen atoms in total. The first-order valence-electron chi connectivity index (χ1n) is 6.15. The van der Waals surface area contributed by atoms with Gasteiger partial charge < -0.3 is 20.5 Å². The maximum Gasteiger partial charge on any atom is 0.408 e. The number of carbonyl (C=O) groups excluding carboxylic acids is 2. The fraction of sp³-hybridized carbons (Fsp3) is 0.429. The SMILES string of the molecule is COC(=O)C(NC(=O)OC(C)(C)C)c1ccc(N)cc1. The number of anilines is 1. The topological polar surface area (TPSA) is 90.6 Å². The predicted molar refractivity (Wildman–Crippen MR) is 75.0 cm³/mol. The number of rotatable bonds is 3. The van der Waals surface area contributed by atoms with Crippen molar-refractivity contribution in [1.82, 2.24) is 5.32 Å². The molecule has 0 spiro atoms. The summed E-state index contributed by atoms with van der Waals surface area (Å²) in [5, 5.41) is 2.48. The highest BCUT2D eigenvalue weighted by molar-refractivity contribution is 5.82. The number of hydrogen-bond acceptors (Lipinski definition) is 5. The van der Waals surface area contributed by atoms with Gasteiger partial charge in [-0.15, -0.1) is 0 Å². The zero-order chi connectivity index (χ0) is 15.3. The van der Waals surface area contributed by atoms with Crippen molar-refractivity contribution in [3.63, 3.8) is 0 Å². The number of benzene rings is 1. The first-order chi connectivity index (χ1) is 9.23. The van der Waals surface area contributed by atoms with E-state index in [-0.39, 0.29) is 0 Å². The molecule has 0 saturated carbocycles. The third kappa shape index (κ3) is 4.79. The number of nitrogens with one attached hydrogen (secondary N) is 1. The summed E-state index contributed by atoms with van der Waals surface area (Å²) in [7, 11) is 1.25. The van der Waals surface area contributed by atoms with Crippen molar-refractivity contribution < 1.29 is 19.1 Å². The molecular weight excluding hydrogens is 260 g/mol. The number of ether oxygens (including phenoxy) is 2. The van der Waals surface area contributed by atoms with Gasteiger partial charge in [-0.2, -0.15) is 0 Å². The summed E-state index contributed by atoms with van der Waals surface area (Å²) in [6.45, 7) is 5.22. The lowest BCUT2D eigenvalue weighted by Crippen LogP contribution is -2.38. The number of esters is 1. The van der Waals surface area contributed by atoms with Gasteiger partial charge in [0, 0.05) is 5.69 Å². The molecule has 1 unspecified atom stereocenters. The van der Waals surface area contributed by atoms with E-state index >= 15 is 0 Å². The molecule has 1 aromatic rings. The molecule has 1 atom stereocenters. The van der Waals surface area contributed by atoms with E-state index in [1.165, 1.54) is 7.11 Å². The summed E-state index contributed by atoms with van der Waals surface area (Å²) in [5.74, 6) is -0.583. The highest BCUT2D eigenvalue weighted by Crippen LogP contribution is 2.17. The monoisotopic (exact) mass is 280 g/mol. The first kappa shape index (κ1) is 15.8. The molecular formula is C14H20N2O4. The Bertz CT molecular complexity index is 477. The normalized spacial score (nSPS) is 12.4. The molecule has 0 fully saturated rings. The average Bonchev–Trinajstić information content (AvgIpc) is 2.34. The van der Waals surface area contributed by atoms with Crippen LogP contribution in [0.5, 0.6) is 0 Å². The molecule has 20 heavy (non-hydrogen) atoms. The van der Waals surface area contributed by atoms with Gasteiger partial charge in [-0.05, 0) is 38.5 Å². The second kappa shape index (κ2) is 6.27. The molecule has 1 aromatic carbocycles. The quantitative estimate of drug-likeness (QED) is 0.653. The van der Waals surface area contributed by atoms with Crippen molar-refractivity contribution in [2.75, 3.05) is 12.8 Å². The molecule has 6 heteroatoms. The summed E-state index contributed by atoms with van der Waals surface area (Å²) in [5.41, 5.74) is 6.08. The Labute approximate surface area is 118 Å². The van der Waals surface area contributed by atoms with Gasteiger partial charge in [0.15, 0.2) is 6.04 Å². The lowest BCUT2D eigenvalue weighted by molar-refractivity contribution is -0.143. The number of hydrogen-bond donors (Lipinski definition) is 2. The second-order valence-corrected chi connectivity index (χ2v) is 5.27. The van der Waals surface area contributed by atoms with Crippen LogP contribution in [-0.2, 0) is 14.3 Å². The van der Waals surface area contributed by atoms with Crippen molar-refractivity contribution in [2.45, 2.75) is 32.4 Å². The maximum absolute atomic E-state index is 11.8. The lowest BCUT2D eigenvalue weighted by atomic mass is 10.1. The fourth-order valence-electron chi connectivity index (χ4n) is 1.51. The van der Waals surface area contributed by atoms with Gasteiger partial charge in [0.25, 0.3) is 0 Å². The van der Waals surface area contributed by atoms with Crippen molar-refractivity contribution >= 4 is 17.7 Å². The van der Waals surface area contributed by atoms with E-state index in [2.05, 4.69) is 10.1 Å². The van der Waals surface area contributed by atoms with Crippen LogP contribution in [0, 0.1) is 0 Å². The van der Waals surface area contributed by atoms with Crippen LogP contribution in [-0.4, -0.2) is 24.8 Å². The van der Waals surface area contributed by atoms with Gasteiger partial charge in [-0.3, -0.25) is 0 Å². The Morgan fingerprint density at radius 2 is 1.75 bits per heavy atom.